The normalized spacial score (nSPS) is 22.6. The zero-order valence-electron chi connectivity index (χ0n) is 11.4. The summed E-state index contributed by atoms with van der Waals surface area (Å²) in [4.78, 5) is 24.3. The Hall–Kier alpha value is -1.06. The molecule has 0 bridgehead atoms. The molecule has 0 radical (unpaired) electrons. The summed E-state index contributed by atoms with van der Waals surface area (Å²) in [5.74, 6) is -0.140. The van der Waals surface area contributed by atoms with Crippen molar-refractivity contribution >= 4 is 11.8 Å². The van der Waals surface area contributed by atoms with Gasteiger partial charge in [-0.3, -0.25) is 9.59 Å². The highest BCUT2D eigenvalue weighted by Gasteiger charge is 2.56. The van der Waals surface area contributed by atoms with Gasteiger partial charge in [0.1, 0.15) is 5.41 Å². The van der Waals surface area contributed by atoms with Crippen molar-refractivity contribution in [1.82, 2.24) is 10.6 Å². The van der Waals surface area contributed by atoms with E-state index >= 15 is 0 Å². The standard InChI is InChI=1S/C14H24N2O2/c1-10(2)15-12(17)14(8-9-14)13(18)16-11-6-4-3-5-7-11/h10-11H,3-9H2,1-2H3,(H,15,17)(H,16,18). The Kier molecular flexibility index (Phi) is 3.93. The first-order valence-electron chi connectivity index (χ1n) is 7.16. The molecular weight excluding hydrogens is 228 g/mol. The Balaban J connectivity index is 1.89. The summed E-state index contributed by atoms with van der Waals surface area (Å²) in [5, 5.41) is 5.94. The maximum absolute atomic E-state index is 12.2. The number of rotatable bonds is 4. The van der Waals surface area contributed by atoms with E-state index < -0.39 is 5.41 Å². The quantitative estimate of drug-likeness (QED) is 0.749. The van der Waals surface area contributed by atoms with Crippen molar-refractivity contribution in [3.8, 4) is 0 Å². The molecule has 2 N–H and O–H groups in total. The van der Waals surface area contributed by atoms with Gasteiger partial charge in [-0.1, -0.05) is 19.3 Å². The van der Waals surface area contributed by atoms with Crippen molar-refractivity contribution < 1.29 is 9.59 Å². The first-order chi connectivity index (χ1) is 8.54. The molecule has 2 amide bonds. The maximum atomic E-state index is 12.2. The molecular formula is C14H24N2O2. The van der Waals surface area contributed by atoms with Crippen LogP contribution in [0.3, 0.4) is 0 Å². The van der Waals surface area contributed by atoms with Crippen LogP contribution in [0.25, 0.3) is 0 Å². The van der Waals surface area contributed by atoms with Crippen molar-refractivity contribution in [3.05, 3.63) is 0 Å². The zero-order chi connectivity index (χ0) is 13.2. The van der Waals surface area contributed by atoms with E-state index in [9.17, 15) is 9.59 Å². The molecule has 102 valence electrons. The number of carbonyl (C=O) groups excluding carboxylic acids is 2. The smallest absolute Gasteiger partial charge is 0.235 e. The lowest BCUT2D eigenvalue weighted by Gasteiger charge is -2.25. The van der Waals surface area contributed by atoms with Gasteiger partial charge in [-0.25, -0.2) is 0 Å². The van der Waals surface area contributed by atoms with Crippen LogP contribution in [0, 0.1) is 5.41 Å². The highest BCUT2D eigenvalue weighted by Crippen LogP contribution is 2.46. The van der Waals surface area contributed by atoms with Gasteiger partial charge in [0.15, 0.2) is 0 Å². The SMILES string of the molecule is CC(C)NC(=O)C1(C(=O)NC2CCCCC2)CC1. The molecule has 2 aliphatic carbocycles. The second-order valence-corrected chi connectivity index (χ2v) is 6.02. The predicted molar refractivity (Wildman–Crippen MR) is 70.0 cm³/mol. The molecule has 2 saturated carbocycles. The van der Waals surface area contributed by atoms with Crippen LogP contribution >= 0.6 is 0 Å². The van der Waals surface area contributed by atoms with Crippen molar-refractivity contribution in [3.63, 3.8) is 0 Å². The van der Waals surface area contributed by atoms with E-state index in [-0.39, 0.29) is 23.9 Å². The maximum Gasteiger partial charge on any atom is 0.235 e. The van der Waals surface area contributed by atoms with E-state index in [1.807, 2.05) is 13.8 Å². The van der Waals surface area contributed by atoms with E-state index in [4.69, 9.17) is 0 Å². The van der Waals surface area contributed by atoms with Gasteiger partial charge in [0, 0.05) is 12.1 Å². The van der Waals surface area contributed by atoms with Crippen LogP contribution in [0.5, 0.6) is 0 Å². The number of hydrogen-bond donors (Lipinski definition) is 2. The first kappa shape index (κ1) is 13.4. The fraction of sp³-hybridized carbons (Fsp3) is 0.857. The van der Waals surface area contributed by atoms with Crippen molar-refractivity contribution in [2.24, 2.45) is 5.41 Å². The van der Waals surface area contributed by atoms with E-state index in [0.717, 1.165) is 12.8 Å². The molecule has 0 unspecified atom stereocenters. The number of amides is 2. The Morgan fingerprint density at radius 3 is 2.17 bits per heavy atom. The van der Waals surface area contributed by atoms with Gasteiger partial charge < -0.3 is 10.6 Å². The molecule has 18 heavy (non-hydrogen) atoms. The molecule has 2 rings (SSSR count). The molecule has 0 aromatic carbocycles. The van der Waals surface area contributed by atoms with E-state index in [1.54, 1.807) is 0 Å². The average Bonchev–Trinajstić information content (AvgIpc) is 3.10. The summed E-state index contributed by atoms with van der Waals surface area (Å²) in [6.45, 7) is 3.85. The Bertz CT molecular complexity index is 329. The summed E-state index contributed by atoms with van der Waals surface area (Å²) in [5.41, 5.74) is -0.748. The van der Waals surface area contributed by atoms with Crippen molar-refractivity contribution in [2.45, 2.75) is 70.9 Å². The summed E-state index contributed by atoms with van der Waals surface area (Å²) in [6.07, 6.45) is 7.17. The summed E-state index contributed by atoms with van der Waals surface area (Å²) in [6, 6.07) is 0.382. The Labute approximate surface area is 109 Å². The van der Waals surface area contributed by atoms with Crippen molar-refractivity contribution in [2.75, 3.05) is 0 Å². The zero-order valence-corrected chi connectivity index (χ0v) is 11.4. The van der Waals surface area contributed by atoms with E-state index in [1.165, 1.54) is 19.3 Å². The van der Waals surface area contributed by atoms with Crippen LogP contribution in [-0.2, 0) is 9.59 Å². The highest BCUT2D eigenvalue weighted by molar-refractivity contribution is 6.08. The lowest BCUT2D eigenvalue weighted by molar-refractivity contribution is -0.138. The summed E-state index contributed by atoms with van der Waals surface area (Å²) in [7, 11) is 0. The Morgan fingerprint density at radius 1 is 1.06 bits per heavy atom. The van der Waals surface area contributed by atoms with Crippen LogP contribution in [0.1, 0.15) is 58.8 Å². The molecule has 0 atom stereocenters. The van der Waals surface area contributed by atoms with Gasteiger partial charge in [0.2, 0.25) is 11.8 Å². The van der Waals surface area contributed by atoms with E-state index in [2.05, 4.69) is 10.6 Å². The van der Waals surface area contributed by atoms with Crippen LogP contribution in [0.2, 0.25) is 0 Å². The lowest BCUT2D eigenvalue weighted by atomic mass is 9.94. The van der Waals surface area contributed by atoms with Crippen LogP contribution < -0.4 is 10.6 Å². The Morgan fingerprint density at radius 2 is 1.67 bits per heavy atom. The van der Waals surface area contributed by atoms with Gasteiger partial charge >= 0.3 is 0 Å². The molecule has 0 aromatic heterocycles. The van der Waals surface area contributed by atoms with Gasteiger partial charge in [-0.05, 0) is 39.5 Å². The minimum atomic E-state index is -0.748. The largest absolute Gasteiger partial charge is 0.353 e. The van der Waals surface area contributed by atoms with Crippen molar-refractivity contribution in [1.29, 1.82) is 0 Å². The highest BCUT2D eigenvalue weighted by atomic mass is 16.2. The van der Waals surface area contributed by atoms with Crippen LogP contribution in [-0.4, -0.2) is 23.9 Å². The number of nitrogens with one attached hydrogen (secondary N) is 2. The molecule has 0 spiro atoms. The molecule has 0 saturated heterocycles. The number of carbonyl (C=O) groups is 2. The second kappa shape index (κ2) is 5.29. The summed E-state index contributed by atoms with van der Waals surface area (Å²) < 4.78 is 0. The van der Waals surface area contributed by atoms with E-state index in [0.29, 0.717) is 12.8 Å². The van der Waals surface area contributed by atoms with Gasteiger partial charge in [-0.2, -0.15) is 0 Å². The third-order valence-electron chi connectivity index (χ3n) is 3.98. The first-order valence-corrected chi connectivity index (χ1v) is 7.16. The molecule has 2 aliphatic rings. The summed E-state index contributed by atoms with van der Waals surface area (Å²) >= 11 is 0. The molecule has 2 fully saturated rings. The predicted octanol–water partition coefficient (Wildman–Crippen LogP) is 1.74. The molecule has 0 aliphatic heterocycles. The third kappa shape index (κ3) is 2.85. The third-order valence-corrected chi connectivity index (χ3v) is 3.98. The minimum absolute atomic E-state index is 0.0486. The lowest BCUT2D eigenvalue weighted by Crippen LogP contribution is -2.48. The van der Waals surface area contributed by atoms with Crippen LogP contribution in [0.15, 0.2) is 0 Å². The molecule has 0 aromatic rings. The fourth-order valence-corrected chi connectivity index (χ4v) is 2.65. The van der Waals surface area contributed by atoms with Gasteiger partial charge in [0.05, 0.1) is 0 Å². The van der Waals surface area contributed by atoms with Gasteiger partial charge in [0.25, 0.3) is 0 Å². The molecule has 0 heterocycles. The average molecular weight is 252 g/mol. The van der Waals surface area contributed by atoms with Crippen LogP contribution in [0.4, 0.5) is 0 Å². The minimum Gasteiger partial charge on any atom is -0.353 e. The topological polar surface area (TPSA) is 58.2 Å². The monoisotopic (exact) mass is 252 g/mol. The van der Waals surface area contributed by atoms with Gasteiger partial charge in [-0.15, -0.1) is 0 Å². The fourth-order valence-electron chi connectivity index (χ4n) is 2.65. The second-order valence-electron chi connectivity index (χ2n) is 6.02. The molecule has 4 nitrogen and oxygen atoms in total. The number of hydrogen-bond acceptors (Lipinski definition) is 2. The molecule has 4 heteroatoms.